The number of likely N-dealkylation sites (tertiary alicyclic amines) is 1. The van der Waals surface area contributed by atoms with Crippen LogP contribution in [0.5, 0.6) is 0 Å². The standard InChI is InChI=1S/C29H37N5O/c1-18(2)27-24-14-22(21-9-11-33(12-10-21)26(35)17-32(5)6)7-8-25(24)31-28(27)23-13-19(3)29-30-20(4)15-34(29)16-23/h7-8,13-16,18,21,31H,9-12,17H2,1-6H3. The third-order valence-electron chi connectivity index (χ3n) is 7.36. The Kier molecular flexibility index (Phi) is 6.18. The fraction of sp³-hybridized carbons (Fsp3) is 0.448. The van der Waals surface area contributed by atoms with Crippen LogP contribution in [0.3, 0.4) is 0 Å². The van der Waals surface area contributed by atoms with Crippen LogP contribution in [-0.4, -0.2) is 63.8 Å². The van der Waals surface area contributed by atoms with Gasteiger partial charge in [0.05, 0.1) is 17.9 Å². The summed E-state index contributed by atoms with van der Waals surface area (Å²) in [6.07, 6.45) is 6.33. The largest absolute Gasteiger partial charge is 0.354 e. The third kappa shape index (κ3) is 4.47. The van der Waals surface area contributed by atoms with E-state index in [9.17, 15) is 4.79 Å². The number of nitrogens with one attached hydrogen (secondary N) is 1. The van der Waals surface area contributed by atoms with Crippen LogP contribution in [0.1, 0.15) is 60.9 Å². The first-order valence-electron chi connectivity index (χ1n) is 12.8. The Bertz CT molecular complexity index is 1390. The fourth-order valence-corrected chi connectivity index (χ4v) is 5.67. The molecule has 3 aromatic heterocycles. The monoisotopic (exact) mass is 471 g/mol. The van der Waals surface area contributed by atoms with Crippen molar-refractivity contribution in [2.24, 2.45) is 0 Å². The van der Waals surface area contributed by atoms with E-state index in [0.717, 1.165) is 37.3 Å². The van der Waals surface area contributed by atoms with Crippen molar-refractivity contribution in [1.29, 1.82) is 0 Å². The zero-order valence-electron chi connectivity index (χ0n) is 21.9. The zero-order chi connectivity index (χ0) is 24.9. The van der Waals surface area contributed by atoms with Crippen molar-refractivity contribution in [2.75, 3.05) is 33.7 Å². The highest BCUT2D eigenvalue weighted by atomic mass is 16.2. The molecule has 35 heavy (non-hydrogen) atoms. The van der Waals surface area contributed by atoms with E-state index in [2.05, 4.69) is 71.8 Å². The van der Waals surface area contributed by atoms with Gasteiger partial charge in [-0.2, -0.15) is 0 Å². The number of amides is 1. The number of imidazole rings is 1. The lowest BCUT2D eigenvalue weighted by molar-refractivity contribution is -0.132. The Balaban J connectivity index is 1.48. The number of hydrogen-bond acceptors (Lipinski definition) is 3. The molecular formula is C29H37N5O. The molecule has 1 saturated heterocycles. The Labute approximate surface area is 208 Å². The van der Waals surface area contributed by atoms with E-state index in [4.69, 9.17) is 0 Å². The van der Waals surface area contributed by atoms with Crippen molar-refractivity contribution in [2.45, 2.75) is 52.4 Å². The molecule has 0 radical (unpaired) electrons. The van der Waals surface area contributed by atoms with Gasteiger partial charge in [0.2, 0.25) is 5.91 Å². The summed E-state index contributed by atoms with van der Waals surface area (Å²) in [5.41, 5.74) is 9.58. The fourth-order valence-electron chi connectivity index (χ4n) is 5.67. The molecule has 1 aliphatic heterocycles. The normalized spacial score (nSPS) is 15.3. The SMILES string of the molecule is Cc1cn2cc(-c3[nH]c4ccc(C5CCN(C(=O)CN(C)C)CC5)cc4c3C(C)C)cc(C)c2n1. The van der Waals surface area contributed by atoms with Gasteiger partial charge in [0, 0.05) is 41.9 Å². The summed E-state index contributed by atoms with van der Waals surface area (Å²) in [5.74, 6) is 1.12. The number of hydrogen-bond donors (Lipinski definition) is 1. The Morgan fingerprint density at radius 3 is 2.57 bits per heavy atom. The molecule has 4 aromatic rings. The first-order valence-corrected chi connectivity index (χ1v) is 12.8. The van der Waals surface area contributed by atoms with Crippen LogP contribution in [0.4, 0.5) is 0 Å². The number of carbonyl (C=O) groups excluding carboxylic acids is 1. The molecule has 0 atom stereocenters. The number of rotatable bonds is 5. The summed E-state index contributed by atoms with van der Waals surface area (Å²) in [6, 6.07) is 9.18. The van der Waals surface area contributed by atoms with Crippen LogP contribution in [0.15, 0.2) is 36.7 Å². The number of fused-ring (bicyclic) bond motifs is 2. The number of aryl methyl sites for hydroxylation is 2. The first kappa shape index (κ1) is 23.6. The van der Waals surface area contributed by atoms with Gasteiger partial charge in [-0.1, -0.05) is 19.9 Å². The number of pyridine rings is 1. The topological polar surface area (TPSA) is 56.6 Å². The first-order chi connectivity index (χ1) is 16.7. The number of benzene rings is 1. The van der Waals surface area contributed by atoms with Crippen LogP contribution in [-0.2, 0) is 4.79 Å². The highest BCUT2D eigenvalue weighted by molar-refractivity contribution is 5.92. The minimum atomic E-state index is 0.238. The summed E-state index contributed by atoms with van der Waals surface area (Å²) in [7, 11) is 3.90. The molecule has 6 nitrogen and oxygen atoms in total. The quantitative estimate of drug-likeness (QED) is 0.419. The Hall–Kier alpha value is -3.12. The summed E-state index contributed by atoms with van der Waals surface area (Å²) in [6.45, 7) is 10.9. The molecule has 0 aliphatic carbocycles. The smallest absolute Gasteiger partial charge is 0.236 e. The number of likely N-dealkylation sites (N-methyl/N-ethyl adjacent to an activating group) is 1. The molecule has 1 aromatic carbocycles. The van der Waals surface area contributed by atoms with Gasteiger partial charge in [0.15, 0.2) is 0 Å². The van der Waals surface area contributed by atoms with Gasteiger partial charge >= 0.3 is 0 Å². The molecule has 1 amide bonds. The maximum Gasteiger partial charge on any atom is 0.236 e. The molecule has 0 spiro atoms. The molecule has 1 fully saturated rings. The molecule has 6 heteroatoms. The number of H-pyrrole nitrogens is 1. The van der Waals surface area contributed by atoms with E-state index in [1.54, 1.807) is 0 Å². The van der Waals surface area contributed by atoms with Crippen LogP contribution in [0.25, 0.3) is 27.8 Å². The van der Waals surface area contributed by atoms with Gasteiger partial charge in [0.1, 0.15) is 5.65 Å². The van der Waals surface area contributed by atoms with E-state index < -0.39 is 0 Å². The summed E-state index contributed by atoms with van der Waals surface area (Å²) in [5, 5.41) is 1.32. The van der Waals surface area contributed by atoms with E-state index >= 15 is 0 Å². The summed E-state index contributed by atoms with van der Waals surface area (Å²) in [4.78, 5) is 24.8. The third-order valence-corrected chi connectivity index (χ3v) is 7.36. The predicted octanol–water partition coefficient (Wildman–Crippen LogP) is 5.49. The lowest BCUT2D eigenvalue weighted by Crippen LogP contribution is -2.42. The minimum Gasteiger partial charge on any atom is -0.354 e. The van der Waals surface area contributed by atoms with Crippen LogP contribution in [0, 0.1) is 13.8 Å². The molecule has 184 valence electrons. The van der Waals surface area contributed by atoms with E-state index in [1.807, 2.05) is 30.8 Å². The lowest BCUT2D eigenvalue weighted by Gasteiger charge is -2.33. The van der Waals surface area contributed by atoms with Gasteiger partial charge < -0.3 is 19.2 Å². The van der Waals surface area contributed by atoms with Gasteiger partial charge in [-0.3, -0.25) is 4.79 Å². The zero-order valence-corrected chi connectivity index (χ0v) is 21.9. The van der Waals surface area contributed by atoms with Crippen LogP contribution in [0.2, 0.25) is 0 Å². The highest BCUT2D eigenvalue weighted by Gasteiger charge is 2.25. The second kappa shape index (κ2) is 9.15. The summed E-state index contributed by atoms with van der Waals surface area (Å²) >= 11 is 0. The van der Waals surface area contributed by atoms with E-state index in [0.29, 0.717) is 18.4 Å². The van der Waals surface area contributed by atoms with Crippen LogP contribution >= 0.6 is 0 Å². The molecule has 1 aliphatic rings. The molecule has 1 N–H and O–H groups in total. The maximum atomic E-state index is 12.5. The van der Waals surface area contributed by atoms with Crippen molar-refractivity contribution in [3.63, 3.8) is 0 Å². The van der Waals surface area contributed by atoms with Crippen molar-refractivity contribution >= 4 is 22.5 Å². The number of nitrogens with zero attached hydrogens (tertiary/aromatic N) is 4. The molecule has 0 unspecified atom stereocenters. The van der Waals surface area contributed by atoms with E-state index in [1.165, 1.54) is 38.9 Å². The molecule has 0 saturated carbocycles. The van der Waals surface area contributed by atoms with Gasteiger partial charge in [-0.15, -0.1) is 0 Å². The second-order valence-corrected chi connectivity index (χ2v) is 10.8. The van der Waals surface area contributed by atoms with Gasteiger partial charge in [-0.05, 0) is 87.5 Å². The molecule has 4 heterocycles. The second-order valence-electron chi connectivity index (χ2n) is 10.8. The van der Waals surface area contributed by atoms with Gasteiger partial charge in [0.25, 0.3) is 0 Å². The van der Waals surface area contributed by atoms with Crippen molar-refractivity contribution in [3.8, 4) is 11.3 Å². The van der Waals surface area contributed by atoms with Crippen molar-refractivity contribution < 1.29 is 4.79 Å². The van der Waals surface area contributed by atoms with Crippen LogP contribution < -0.4 is 0 Å². The minimum absolute atomic E-state index is 0.238. The Morgan fingerprint density at radius 1 is 1.14 bits per heavy atom. The molecular weight excluding hydrogens is 434 g/mol. The van der Waals surface area contributed by atoms with Crippen molar-refractivity contribution in [3.05, 3.63) is 59.0 Å². The van der Waals surface area contributed by atoms with Gasteiger partial charge in [-0.25, -0.2) is 4.98 Å². The number of carbonyl (C=O) groups is 1. The molecule has 0 bridgehead atoms. The average Bonchev–Trinajstić information content (AvgIpc) is 3.38. The van der Waals surface area contributed by atoms with Crippen molar-refractivity contribution in [1.82, 2.24) is 24.2 Å². The number of aromatic amines is 1. The predicted molar refractivity (Wildman–Crippen MR) is 143 cm³/mol. The average molecular weight is 472 g/mol. The highest BCUT2D eigenvalue weighted by Crippen LogP contribution is 2.38. The Morgan fingerprint density at radius 2 is 1.89 bits per heavy atom. The number of aromatic nitrogens is 3. The molecule has 5 rings (SSSR count). The summed E-state index contributed by atoms with van der Waals surface area (Å²) < 4.78 is 2.15. The van der Waals surface area contributed by atoms with E-state index in [-0.39, 0.29) is 5.91 Å². The lowest BCUT2D eigenvalue weighted by atomic mass is 9.87. The maximum absolute atomic E-state index is 12.5. The number of piperidine rings is 1.